The summed E-state index contributed by atoms with van der Waals surface area (Å²) in [7, 11) is 1.48. The Morgan fingerprint density at radius 2 is 2.06 bits per heavy atom. The highest BCUT2D eigenvalue weighted by molar-refractivity contribution is 6.53. The predicted molar refractivity (Wildman–Crippen MR) is 64.4 cm³/mol. The number of carbonyl (C=O) groups excluding carboxylic acids is 2. The number of fused-ring (bicyclic) bond motifs is 2. The first kappa shape index (κ1) is 11.0. The van der Waals surface area contributed by atoms with E-state index in [2.05, 4.69) is 0 Å². The maximum atomic E-state index is 12.2. The molecule has 4 heteroatoms. The van der Waals surface area contributed by atoms with E-state index in [0.717, 1.165) is 0 Å². The molecule has 0 saturated heterocycles. The van der Waals surface area contributed by atoms with Gasteiger partial charge in [0.05, 0.1) is 24.9 Å². The minimum atomic E-state index is -0.501. The van der Waals surface area contributed by atoms with Crippen LogP contribution in [0.3, 0.4) is 0 Å². The summed E-state index contributed by atoms with van der Waals surface area (Å²) in [5.41, 5.74) is 1.48. The summed E-state index contributed by atoms with van der Waals surface area (Å²) in [4.78, 5) is 24.3. The second kappa shape index (κ2) is 3.70. The molecule has 0 N–H and O–H groups in total. The fraction of sp³-hybridized carbons (Fsp3) is 0.286. The number of ether oxygens (including phenoxy) is 2. The molecule has 0 bridgehead atoms. The number of hydrogen-bond donors (Lipinski definition) is 0. The highest BCUT2D eigenvalue weighted by atomic mass is 16.5. The number of benzene rings is 1. The summed E-state index contributed by atoms with van der Waals surface area (Å²) in [5, 5.41) is 0. The number of hydrogen-bond acceptors (Lipinski definition) is 4. The molecule has 2 aliphatic rings. The minimum absolute atomic E-state index is 0.0317. The molecule has 0 saturated carbocycles. The Kier molecular flexibility index (Phi) is 2.26. The number of methoxy groups -OCH3 is 1. The van der Waals surface area contributed by atoms with Gasteiger partial charge in [-0.1, -0.05) is 19.1 Å². The molecule has 0 spiro atoms. The molecule has 0 fully saturated rings. The average molecular weight is 244 g/mol. The zero-order valence-corrected chi connectivity index (χ0v) is 10.1. The van der Waals surface area contributed by atoms with Crippen LogP contribution in [0.4, 0.5) is 0 Å². The minimum Gasteiger partial charge on any atom is -0.496 e. The van der Waals surface area contributed by atoms with Gasteiger partial charge in [0.2, 0.25) is 11.6 Å². The van der Waals surface area contributed by atoms with Crippen molar-refractivity contribution in [2.45, 2.75) is 6.92 Å². The third kappa shape index (κ3) is 1.26. The third-order valence-corrected chi connectivity index (χ3v) is 3.38. The van der Waals surface area contributed by atoms with Gasteiger partial charge in [-0.3, -0.25) is 9.59 Å². The van der Waals surface area contributed by atoms with Crippen LogP contribution in [-0.4, -0.2) is 25.3 Å². The van der Waals surface area contributed by atoms with Crippen LogP contribution in [0.5, 0.6) is 5.75 Å². The van der Waals surface area contributed by atoms with Gasteiger partial charge in [0, 0.05) is 11.5 Å². The Balaban J connectivity index is 2.32. The SMILES string of the molecule is COc1cccc2c1C(=O)C(=O)C1=C2OCC1C. The Bertz CT molecular complexity index is 598. The summed E-state index contributed by atoms with van der Waals surface area (Å²) in [6.07, 6.45) is 0. The molecule has 1 aromatic carbocycles. The van der Waals surface area contributed by atoms with E-state index in [1.807, 2.05) is 6.92 Å². The van der Waals surface area contributed by atoms with E-state index in [1.165, 1.54) is 7.11 Å². The molecular weight excluding hydrogens is 232 g/mol. The van der Waals surface area contributed by atoms with Crippen molar-refractivity contribution in [2.75, 3.05) is 13.7 Å². The normalized spacial score (nSPS) is 21.6. The van der Waals surface area contributed by atoms with Crippen molar-refractivity contribution < 1.29 is 19.1 Å². The number of ketones is 2. The van der Waals surface area contributed by atoms with Gasteiger partial charge in [-0.05, 0) is 6.07 Å². The highest BCUT2D eigenvalue weighted by Gasteiger charge is 2.41. The summed E-state index contributed by atoms with van der Waals surface area (Å²) < 4.78 is 10.7. The van der Waals surface area contributed by atoms with E-state index >= 15 is 0 Å². The van der Waals surface area contributed by atoms with Gasteiger partial charge in [-0.2, -0.15) is 0 Å². The zero-order valence-electron chi connectivity index (χ0n) is 10.1. The van der Waals surface area contributed by atoms with Gasteiger partial charge in [0.15, 0.2) is 0 Å². The fourth-order valence-electron chi connectivity index (χ4n) is 2.50. The van der Waals surface area contributed by atoms with E-state index in [-0.39, 0.29) is 5.92 Å². The molecule has 0 amide bonds. The smallest absolute Gasteiger partial charge is 0.237 e. The van der Waals surface area contributed by atoms with Crippen molar-refractivity contribution in [1.29, 1.82) is 0 Å². The molecule has 1 heterocycles. The largest absolute Gasteiger partial charge is 0.496 e. The van der Waals surface area contributed by atoms with Crippen molar-refractivity contribution >= 4 is 17.3 Å². The lowest BCUT2D eigenvalue weighted by Gasteiger charge is -2.18. The van der Waals surface area contributed by atoms with Crippen molar-refractivity contribution in [3.05, 3.63) is 34.9 Å². The first-order valence-corrected chi connectivity index (χ1v) is 5.78. The molecule has 4 nitrogen and oxygen atoms in total. The Labute approximate surface area is 104 Å². The van der Waals surface area contributed by atoms with Crippen molar-refractivity contribution in [3.63, 3.8) is 0 Å². The number of Topliss-reactive ketones (excluding diaryl/α,β-unsaturated/α-hetero) is 2. The first-order valence-electron chi connectivity index (χ1n) is 5.78. The lowest BCUT2D eigenvalue weighted by molar-refractivity contribution is -0.112. The van der Waals surface area contributed by atoms with Crippen LogP contribution in [0.25, 0.3) is 5.76 Å². The molecule has 3 rings (SSSR count). The first-order chi connectivity index (χ1) is 8.65. The highest BCUT2D eigenvalue weighted by Crippen LogP contribution is 2.41. The van der Waals surface area contributed by atoms with Crippen LogP contribution >= 0.6 is 0 Å². The van der Waals surface area contributed by atoms with Crippen LogP contribution < -0.4 is 4.74 Å². The van der Waals surface area contributed by atoms with Gasteiger partial charge in [-0.15, -0.1) is 0 Å². The van der Waals surface area contributed by atoms with E-state index in [1.54, 1.807) is 18.2 Å². The molecule has 1 aliphatic heterocycles. The molecule has 0 aromatic heterocycles. The molecule has 0 radical (unpaired) electrons. The summed E-state index contributed by atoms with van der Waals surface area (Å²) in [6, 6.07) is 5.25. The van der Waals surface area contributed by atoms with Crippen molar-refractivity contribution in [1.82, 2.24) is 0 Å². The van der Waals surface area contributed by atoms with Crippen LogP contribution in [-0.2, 0) is 9.53 Å². The second-order valence-electron chi connectivity index (χ2n) is 4.50. The van der Waals surface area contributed by atoms with Gasteiger partial charge in [0.25, 0.3) is 0 Å². The van der Waals surface area contributed by atoms with E-state index in [9.17, 15) is 9.59 Å². The van der Waals surface area contributed by atoms with E-state index in [4.69, 9.17) is 9.47 Å². The average Bonchev–Trinajstić information content (AvgIpc) is 2.77. The standard InChI is InChI=1S/C14H12O4/c1-7-6-18-14-8-4-3-5-9(17-2)11(8)13(16)12(15)10(7)14/h3-5,7H,6H2,1-2H3. The molecular formula is C14H12O4. The third-order valence-electron chi connectivity index (χ3n) is 3.38. The quantitative estimate of drug-likeness (QED) is 0.707. The molecule has 1 aromatic rings. The Morgan fingerprint density at radius 3 is 2.78 bits per heavy atom. The van der Waals surface area contributed by atoms with Crippen LogP contribution in [0, 0.1) is 5.92 Å². The Morgan fingerprint density at radius 1 is 1.28 bits per heavy atom. The van der Waals surface area contributed by atoms with E-state index < -0.39 is 11.6 Å². The van der Waals surface area contributed by atoms with Crippen molar-refractivity contribution in [2.24, 2.45) is 5.92 Å². The molecule has 1 aliphatic carbocycles. The molecule has 18 heavy (non-hydrogen) atoms. The molecule has 1 atom stereocenters. The predicted octanol–water partition coefficient (Wildman–Crippen LogP) is 1.84. The van der Waals surface area contributed by atoms with Crippen LogP contribution in [0.2, 0.25) is 0 Å². The zero-order chi connectivity index (χ0) is 12.9. The maximum absolute atomic E-state index is 12.2. The van der Waals surface area contributed by atoms with Crippen molar-refractivity contribution in [3.8, 4) is 5.75 Å². The lowest BCUT2D eigenvalue weighted by Crippen LogP contribution is -2.25. The number of carbonyl (C=O) groups is 2. The molecule has 92 valence electrons. The monoisotopic (exact) mass is 244 g/mol. The summed E-state index contributed by atoms with van der Waals surface area (Å²) in [6.45, 7) is 2.33. The second-order valence-corrected chi connectivity index (χ2v) is 4.50. The van der Waals surface area contributed by atoms with Crippen LogP contribution in [0.15, 0.2) is 23.8 Å². The fourth-order valence-corrected chi connectivity index (χ4v) is 2.50. The van der Waals surface area contributed by atoms with Gasteiger partial charge >= 0.3 is 0 Å². The topological polar surface area (TPSA) is 52.6 Å². The summed E-state index contributed by atoms with van der Waals surface area (Å²) in [5.74, 6) is -0.0390. The maximum Gasteiger partial charge on any atom is 0.237 e. The van der Waals surface area contributed by atoms with E-state index in [0.29, 0.717) is 34.8 Å². The van der Waals surface area contributed by atoms with Gasteiger partial charge < -0.3 is 9.47 Å². The lowest BCUT2D eigenvalue weighted by atomic mass is 9.84. The summed E-state index contributed by atoms with van der Waals surface area (Å²) >= 11 is 0. The molecule has 1 unspecified atom stereocenters. The Hall–Kier alpha value is -2.10. The number of rotatable bonds is 1. The van der Waals surface area contributed by atoms with Crippen LogP contribution in [0.1, 0.15) is 22.8 Å². The van der Waals surface area contributed by atoms with Gasteiger partial charge in [-0.25, -0.2) is 0 Å². The van der Waals surface area contributed by atoms with Gasteiger partial charge in [0.1, 0.15) is 11.5 Å².